The molecule has 0 spiro atoms. The molecule has 10 heteroatoms. The summed E-state index contributed by atoms with van der Waals surface area (Å²) < 4.78 is 0. The molecule has 0 amide bonds. The van der Waals surface area contributed by atoms with E-state index in [-0.39, 0.29) is 34.1 Å². The summed E-state index contributed by atoms with van der Waals surface area (Å²) in [5.74, 6) is 3.26. The summed E-state index contributed by atoms with van der Waals surface area (Å²) in [6, 6.07) is 42.9. The Morgan fingerprint density at radius 1 is 0.250 bits per heavy atom. The molecule has 0 unspecified atom stereocenters. The molecule has 0 saturated carbocycles. The Kier molecular flexibility index (Phi) is 29.5. The Morgan fingerprint density at radius 3 is 0.474 bits per heavy atom. The molecular formula is C66H94Fe2N4O2Si2. The van der Waals surface area contributed by atoms with E-state index in [9.17, 15) is 9.59 Å². The van der Waals surface area contributed by atoms with Crippen molar-refractivity contribution >= 4 is 62.1 Å². The maximum atomic E-state index is 10.2. The van der Waals surface area contributed by atoms with Gasteiger partial charge in [-0.25, -0.2) is 0 Å². The van der Waals surface area contributed by atoms with Crippen LogP contribution in [-0.2, 0) is 34.1 Å². The average molecular weight is 1140 g/mol. The Hall–Kier alpha value is -4.09. The van der Waals surface area contributed by atoms with Crippen LogP contribution in [0.4, 0.5) is 45.5 Å². The van der Waals surface area contributed by atoms with Crippen molar-refractivity contribution in [2.24, 2.45) is 0 Å². The van der Waals surface area contributed by atoms with Crippen LogP contribution in [0.5, 0.6) is 0 Å². The first-order valence-electron chi connectivity index (χ1n) is 27.4. The van der Waals surface area contributed by atoms with E-state index in [1.807, 2.05) is 0 Å². The second-order valence-corrected chi connectivity index (χ2v) is 32.5. The van der Waals surface area contributed by atoms with Crippen LogP contribution in [0.15, 0.2) is 121 Å². The van der Waals surface area contributed by atoms with E-state index in [1.54, 1.807) is 39.3 Å². The number of hydrogen-bond donors (Lipinski definition) is 0. The summed E-state index contributed by atoms with van der Waals surface area (Å²) >= 11 is 0. The van der Waals surface area contributed by atoms with Gasteiger partial charge in [0.15, 0.2) is 0 Å². The van der Waals surface area contributed by atoms with E-state index in [2.05, 4.69) is 232 Å². The van der Waals surface area contributed by atoms with Crippen LogP contribution in [0.1, 0.15) is 203 Å². The van der Waals surface area contributed by atoms with E-state index >= 15 is 0 Å². The zero-order valence-corrected chi connectivity index (χ0v) is 54.7. The van der Waals surface area contributed by atoms with Crippen molar-refractivity contribution in [3.63, 3.8) is 0 Å². The summed E-state index contributed by atoms with van der Waals surface area (Å²) in [5, 5.41) is 20.9. The van der Waals surface area contributed by atoms with Gasteiger partial charge in [-0.2, -0.15) is 22.7 Å². The minimum absolute atomic E-state index is 0. The fourth-order valence-electron chi connectivity index (χ4n) is 8.35. The van der Waals surface area contributed by atoms with Crippen molar-refractivity contribution in [3.05, 3.63) is 187 Å². The largest absolute Gasteiger partial charge is 3.00 e. The number of benzene rings is 6. The second kappa shape index (κ2) is 32.1. The van der Waals surface area contributed by atoms with Crippen LogP contribution in [0.2, 0.25) is 39.3 Å². The zero-order chi connectivity index (χ0) is 55.8. The smallest absolute Gasteiger partial charge is 0.859 e. The SMILES string of the molecule is CC(C)c1cccc(C(C)C)c1[N-]c1ccccc1[N-]c1c(C(C)C)cccc1C(C)C.CC(C)c1cccc(C(C)C)c1[N-]c1ccccc1[N-]c1c(C(C)C)cccc1C(C)C.C[Si](C)(C)[O-].C[Si](C)(C)[O-].[Fe+3].[Fe+3]. The van der Waals surface area contributed by atoms with E-state index in [0.29, 0.717) is 47.3 Å². The van der Waals surface area contributed by atoms with Gasteiger partial charge >= 0.3 is 34.1 Å². The minimum atomic E-state index is -1.86. The molecule has 6 aromatic rings. The van der Waals surface area contributed by atoms with Crippen LogP contribution >= 0.6 is 0 Å². The van der Waals surface area contributed by atoms with Crippen LogP contribution < -0.4 is 9.59 Å². The molecular weight excluding hydrogens is 1050 g/mol. The Labute approximate surface area is 487 Å². The summed E-state index contributed by atoms with van der Waals surface area (Å²) in [6.45, 7) is 46.4. The average Bonchev–Trinajstić information content (AvgIpc) is 3.29. The maximum Gasteiger partial charge on any atom is 3.00 e. The van der Waals surface area contributed by atoms with Crippen LogP contribution in [0.25, 0.3) is 21.3 Å². The van der Waals surface area contributed by atoms with Crippen molar-refractivity contribution in [1.29, 1.82) is 0 Å². The molecule has 0 N–H and O–H groups in total. The minimum Gasteiger partial charge on any atom is -0.859 e. The fourth-order valence-corrected chi connectivity index (χ4v) is 8.35. The first kappa shape index (κ1) is 69.9. The quantitative estimate of drug-likeness (QED) is 0.0901. The molecule has 0 aromatic heterocycles. The Morgan fingerprint density at radius 2 is 0.368 bits per heavy atom. The van der Waals surface area contributed by atoms with Gasteiger partial charge in [-0.3, -0.25) is 0 Å². The van der Waals surface area contributed by atoms with Crippen molar-refractivity contribution in [2.75, 3.05) is 0 Å². The van der Waals surface area contributed by atoms with Crippen LogP contribution in [0, 0.1) is 0 Å². The second-order valence-electron chi connectivity index (χ2n) is 24.0. The molecule has 0 heterocycles. The summed E-state index contributed by atoms with van der Waals surface area (Å²) in [4.78, 5) is 20.5. The van der Waals surface area contributed by atoms with Crippen LogP contribution in [0.3, 0.4) is 0 Å². The van der Waals surface area contributed by atoms with Gasteiger partial charge in [-0.05, 0) is 47.3 Å². The van der Waals surface area contributed by atoms with Crippen molar-refractivity contribution in [3.8, 4) is 0 Å². The molecule has 0 aliphatic heterocycles. The molecule has 6 nitrogen and oxygen atoms in total. The summed E-state index contributed by atoms with van der Waals surface area (Å²) in [6.07, 6.45) is 0. The van der Waals surface area contributed by atoms with Gasteiger partial charge in [-0.1, -0.05) is 333 Å². The molecule has 6 aromatic carbocycles. The first-order chi connectivity index (χ1) is 34.4. The maximum absolute atomic E-state index is 10.2. The molecule has 0 fully saturated rings. The Balaban J connectivity index is 0.000000630. The van der Waals surface area contributed by atoms with E-state index in [4.69, 9.17) is 21.3 Å². The predicted octanol–water partition coefficient (Wildman–Crippen LogP) is 22.1. The van der Waals surface area contributed by atoms with Crippen LogP contribution in [-0.4, -0.2) is 16.6 Å². The monoisotopic (exact) mass is 1140 g/mol. The van der Waals surface area contributed by atoms with E-state index < -0.39 is 16.6 Å². The van der Waals surface area contributed by atoms with Gasteiger partial charge in [0.05, 0.1) is 0 Å². The van der Waals surface area contributed by atoms with E-state index in [0.717, 1.165) is 45.5 Å². The number of rotatable bonds is 16. The predicted molar refractivity (Wildman–Crippen MR) is 329 cm³/mol. The molecule has 0 aliphatic carbocycles. The van der Waals surface area contributed by atoms with Crippen molar-refractivity contribution in [2.45, 2.75) is 197 Å². The molecule has 76 heavy (non-hydrogen) atoms. The zero-order valence-electron chi connectivity index (χ0n) is 50.5. The number of hydrogen-bond acceptors (Lipinski definition) is 2. The standard InChI is InChI=1S/2C30H38N2.2C3H9OSi.2Fe/c2*1-19(2)23-13-11-14-24(20(3)4)29(23)31-27-17-9-10-18-28(27)32-30-25(21(5)6)15-12-16-26(30)22(7)8;2*1-5(2,3)4;;/h2*9-22H,1-8H3;2*1-3H3;;/q2*-2;2*-1;2*+3. The van der Waals surface area contributed by atoms with Gasteiger partial charge in [0, 0.05) is 0 Å². The molecule has 0 atom stereocenters. The molecule has 0 aliphatic rings. The summed E-state index contributed by atoms with van der Waals surface area (Å²) in [5.41, 5.74) is 18.4. The third-order valence-electron chi connectivity index (χ3n) is 12.1. The molecule has 0 bridgehead atoms. The number of para-hydroxylation sites is 8. The first-order valence-corrected chi connectivity index (χ1v) is 34.2. The summed E-state index contributed by atoms with van der Waals surface area (Å²) in [7, 11) is -3.72. The van der Waals surface area contributed by atoms with Gasteiger partial charge in [0.2, 0.25) is 0 Å². The topological polar surface area (TPSA) is 103 Å². The fraction of sp³-hybridized carbons (Fsp3) is 0.455. The van der Waals surface area contributed by atoms with Crippen molar-refractivity contribution in [1.82, 2.24) is 0 Å². The van der Waals surface area contributed by atoms with Crippen molar-refractivity contribution < 1.29 is 43.7 Å². The molecule has 6 rings (SSSR count). The van der Waals surface area contributed by atoms with Gasteiger partial charge in [0.25, 0.3) is 0 Å². The van der Waals surface area contributed by atoms with E-state index in [1.165, 1.54) is 44.5 Å². The van der Waals surface area contributed by atoms with Gasteiger partial charge in [-0.15, -0.1) is 22.7 Å². The normalized spacial score (nSPS) is 11.4. The molecule has 0 saturated heterocycles. The third kappa shape index (κ3) is 22.3. The molecule has 2 radical (unpaired) electrons. The Bertz CT molecular complexity index is 2200. The third-order valence-corrected chi connectivity index (χ3v) is 12.1. The van der Waals surface area contributed by atoms with Gasteiger partial charge in [0.1, 0.15) is 0 Å². The van der Waals surface area contributed by atoms with Gasteiger partial charge < -0.3 is 30.9 Å². The number of nitrogens with zero attached hydrogens (tertiary/aromatic N) is 4. The molecule has 414 valence electrons.